The maximum absolute atomic E-state index is 10.3. The molecule has 1 aromatic heterocycles. The lowest BCUT2D eigenvalue weighted by atomic mass is 10.0. The summed E-state index contributed by atoms with van der Waals surface area (Å²) < 4.78 is 5.96. The molecule has 0 aliphatic carbocycles. The van der Waals surface area contributed by atoms with Crippen LogP contribution in [-0.2, 0) is 12.8 Å². The maximum Gasteiger partial charge on any atom is 0.173 e. The van der Waals surface area contributed by atoms with Gasteiger partial charge >= 0.3 is 0 Å². The summed E-state index contributed by atoms with van der Waals surface area (Å²) in [5, 5.41) is 39.0. The van der Waals surface area contributed by atoms with E-state index in [1.54, 1.807) is 18.5 Å². The predicted molar refractivity (Wildman–Crippen MR) is 104 cm³/mol. The smallest absolute Gasteiger partial charge is 0.173 e. The lowest BCUT2D eigenvalue weighted by molar-refractivity contribution is -0.0910. The highest BCUT2D eigenvalue weighted by atomic mass is 32.2. The Morgan fingerprint density at radius 3 is 2.37 bits per heavy atom. The van der Waals surface area contributed by atoms with Gasteiger partial charge in [0.25, 0.3) is 0 Å². The molecule has 1 fully saturated rings. The van der Waals surface area contributed by atoms with Gasteiger partial charge in [-0.2, -0.15) is 0 Å². The minimum atomic E-state index is -1.37. The third kappa shape index (κ3) is 4.62. The van der Waals surface area contributed by atoms with E-state index in [4.69, 9.17) is 4.74 Å². The fraction of sp³-hybridized carbons (Fsp3) is 0.450. The first-order valence-electron chi connectivity index (χ1n) is 9.01. The molecule has 0 amide bonds. The summed E-state index contributed by atoms with van der Waals surface area (Å²) >= 11 is 1.11. The lowest BCUT2D eigenvalue weighted by Crippen LogP contribution is -2.55. The largest absolute Gasteiger partial charge is 0.477 e. The maximum atomic E-state index is 10.3. The normalized spacial score (nSPS) is 28.1. The summed E-state index contributed by atoms with van der Waals surface area (Å²) in [5.74, 6) is 0.557. The van der Waals surface area contributed by atoms with E-state index >= 15 is 0 Å². The monoisotopic (exact) mass is 391 g/mol. The van der Waals surface area contributed by atoms with Crippen molar-refractivity contribution >= 4 is 11.8 Å². The summed E-state index contributed by atoms with van der Waals surface area (Å²) in [6.45, 7) is 1.79. The summed E-state index contributed by atoms with van der Waals surface area (Å²) in [4.78, 5) is 4.17. The molecular formula is C20H25NO5S. The van der Waals surface area contributed by atoms with Gasteiger partial charge in [-0.05, 0) is 23.6 Å². The van der Waals surface area contributed by atoms with Crippen LogP contribution in [0, 0.1) is 0 Å². The number of ether oxygens (including phenoxy) is 1. The lowest BCUT2D eigenvalue weighted by Gasteiger charge is -2.39. The molecule has 4 N–H and O–H groups in total. The molecule has 2 aromatic rings. The molecule has 146 valence electrons. The highest BCUT2D eigenvalue weighted by Crippen LogP contribution is 2.35. The van der Waals surface area contributed by atoms with Gasteiger partial charge in [0.15, 0.2) is 5.44 Å². The standard InChI is InChI=1S/C20H25NO5S/c1-2-12-3-5-13(6-4-12)9-14-10-21-8-7-15(14)26-20-19(25)18(24)17(23)16(11-22)27-20/h3-8,10,16-20,22-25H,2,9,11H2,1H3/t16-,17-,18+,19-,20-/m1/s1. The Balaban J connectivity index is 1.77. The first kappa shape index (κ1) is 20.1. The minimum Gasteiger partial charge on any atom is -0.477 e. The topological polar surface area (TPSA) is 103 Å². The molecule has 1 aromatic carbocycles. The van der Waals surface area contributed by atoms with Crippen molar-refractivity contribution in [1.82, 2.24) is 4.98 Å². The van der Waals surface area contributed by atoms with Crippen LogP contribution in [0.2, 0.25) is 0 Å². The highest BCUT2D eigenvalue weighted by molar-refractivity contribution is 8.00. The van der Waals surface area contributed by atoms with Gasteiger partial charge in [0.2, 0.25) is 0 Å². The number of aliphatic hydroxyl groups excluding tert-OH is 4. The molecule has 0 radical (unpaired) electrons. The van der Waals surface area contributed by atoms with E-state index in [2.05, 4.69) is 36.2 Å². The summed E-state index contributed by atoms with van der Waals surface area (Å²) in [6.07, 6.45) is 1.08. The van der Waals surface area contributed by atoms with E-state index in [1.165, 1.54) is 5.56 Å². The number of rotatable bonds is 6. The van der Waals surface area contributed by atoms with Crippen LogP contribution in [0.1, 0.15) is 23.6 Å². The van der Waals surface area contributed by atoms with Gasteiger partial charge in [0.1, 0.15) is 18.0 Å². The molecule has 0 unspecified atom stereocenters. The van der Waals surface area contributed by atoms with Crippen molar-refractivity contribution in [2.24, 2.45) is 0 Å². The van der Waals surface area contributed by atoms with Crippen LogP contribution in [0.4, 0.5) is 0 Å². The van der Waals surface area contributed by atoms with Gasteiger partial charge in [0.05, 0.1) is 18.0 Å². The van der Waals surface area contributed by atoms with E-state index in [0.29, 0.717) is 12.2 Å². The predicted octanol–water partition coefficient (Wildman–Crippen LogP) is 1.13. The summed E-state index contributed by atoms with van der Waals surface area (Å²) in [6, 6.07) is 10.0. The van der Waals surface area contributed by atoms with Gasteiger partial charge in [0, 0.05) is 24.4 Å². The van der Waals surface area contributed by atoms with E-state index in [0.717, 1.165) is 29.3 Å². The van der Waals surface area contributed by atoms with E-state index in [1.807, 2.05) is 0 Å². The minimum absolute atomic E-state index is 0.317. The fourth-order valence-corrected chi connectivity index (χ4v) is 4.30. The molecule has 2 heterocycles. The molecule has 0 bridgehead atoms. The SMILES string of the molecule is CCc1ccc(Cc2cnccc2O[C@@H]2S[C@H](CO)[C@@H](O)[C@H](O)[C@H]2O)cc1. The van der Waals surface area contributed by atoms with Gasteiger partial charge in [-0.25, -0.2) is 0 Å². The fourth-order valence-electron chi connectivity index (χ4n) is 3.06. The first-order chi connectivity index (χ1) is 13.0. The van der Waals surface area contributed by atoms with Gasteiger partial charge in [-0.15, -0.1) is 11.8 Å². The van der Waals surface area contributed by atoms with Crippen molar-refractivity contribution in [3.8, 4) is 5.75 Å². The van der Waals surface area contributed by atoms with Crippen LogP contribution in [0.3, 0.4) is 0 Å². The van der Waals surface area contributed by atoms with Crippen molar-refractivity contribution in [3.63, 3.8) is 0 Å². The molecular weight excluding hydrogens is 366 g/mol. The number of nitrogens with zero attached hydrogens (tertiary/aromatic N) is 1. The van der Waals surface area contributed by atoms with Crippen molar-refractivity contribution < 1.29 is 25.2 Å². The van der Waals surface area contributed by atoms with Crippen molar-refractivity contribution in [2.45, 2.75) is 48.8 Å². The van der Waals surface area contributed by atoms with E-state index in [9.17, 15) is 20.4 Å². The Hall–Kier alpha value is -1.64. The first-order valence-corrected chi connectivity index (χ1v) is 9.95. The Morgan fingerprint density at radius 2 is 1.70 bits per heavy atom. The van der Waals surface area contributed by atoms with Gasteiger partial charge < -0.3 is 25.2 Å². The van der Waals surface area contributed by atoms with Crippen LogP contribution < -0.4 is 4.74 Å². The molecule has 0 saturated carbocycles. The van der Waals surface area contributed by atoms with Crippen molar-refractivity contribution in [1.29, 1.82) is 0 Å². The number of hydrogen-bond acceptors (Lipinski definition) is 7. The Bertz CT molecular complexity index is 739. The number of thioether (sulfide) groups is 1. The number of hydrogen-bond donors (Lipinski definition) is 4. The van der Waals surface area contributed by atoms with Crippen LogP contribution in [-0.4, -0.2) is 61.0 Å². The zero-order valence-corrected chi connectivity index (χ0v) is 15.9. The molecule has 0 spiro atoms. The second-order valence-corrected chi connectivity index (χ2v) is 7.99. The van der Waals surface area contributed by atoms with Gasteiger partial charge in [-0.3, -0.25) is 4.98 Å². The number of aryl methyl sites for hydroxylation is 1. The zero-order valence-electron chi connectivity index (χ0n) is 15.1. The Kier molecular flexibility index (Phi) is 6.73. The Morgan fingerprint density at radius 1 is 1.00 bits per heavy atom. The summed E-state index contributed by atoms with van der Waals surface area (Å²) in [7, 11) is 0. The van der Waals surface area contributed by atoms with Crippen LogP contribution in [0.5, 0.6) is 5.75 Å². The number of aromatic nitrogens is 1. The average molecular weight is 391 g/mol. The molecule has 3 rings (SSSR count). The molecule has 27 heavy (non-hydrogen) atoms. The molecule has 6 nitrogen and oxygen atoms in total. The number of benzene rings is 1. The van der Waals surface area contributed by atoms with Crippen LogP contribution >= 0.6 is 11.8 Å². The average Bonchev–Trinajstić information content (AvgIpc) is 2.70. The molecule has 7 heteroatoms. The second kappa shape index (κ2) is 9.03. The van der Waals surface area contributed by atoms with Crippen molar-refractivity contribution in [3.05, 3.63) is 59.4 Å². The van der Waals surface area contributed by atoms with Crippen molar-refractivity contribution in [2.75, 3.05) is 6.61 Å². The second-order valence-electron chi connectivity index (χ2n) is 6.65. The third-order valence-electron chi connectivity index (χ3n) is 4.78. The number of pyridine rings is 1. The third-order valence-corrected chi connectivity index (χ3v) is 6.20. The Labute approximate surface area is 162 Å². The van der Waals surface area contributed by atoms with Crippen LogP contribution in [0.25, 0.3) is 0 Å². The molecule has 1 saturated heterocycles. The molecule has 1 aliphatic rings. The highest BCUT2D eigenvalue weighted by Gasteiger charge is 2.44. The van der Waals surface area contributed by atoms with E-state index < -0.39 is 29.0 Å². The van der Waals surface area contributed by atoms with Crippen LogP contribution in [0.15, 0.2) is 42.7 Å². The number of aliphatic hydroxyl groups is 4. The summed E-state index contributed by atoms with van der Waals surface area (Å²) in [5.41, 5.74) is 2.44. The quantitative estimate of drug-likeness (QED) is 0.585. The van der Waals surface area contributed by atoms with E-state index in [-0.39, 0.29) is 6.61 Å². The van der Waals surface area contributed by atoms with Gasteiger partial charge in [-0.1, -0.05) is 31.2 Å². The molecule has 1 aliphatic heterocycles. The zero-order chi connectivity index (χ0) is 19.4. The molecule has 5 atom stereocenters.